The fraction of sp³-hybridized carbons (Fsp3) is 0.286. The Morgan fingerprint density at radius 1 is 1.29 bits per heavy atom. The van der Waals surface area contributed by atoms with E-state index < -0.39 is 21.0 Å². The molecular weight excluding hydrogens is 338 g/mol. The highest BCUT2D eigenvalue weighted by atomic mass is 32.2. The summed E-state index contributed by atoms with van der Waals surface area (Å²) in [6.07, 6.45) is 1.09. The Kier molecular flexibility index (Phi) is 5.29. The summed E-state index contributed by atoms with van der Waals surface area (Å²) in [5.41, 5.74) is -0.0347. The second-order valence-electron chi connectivity index (χ2n) is 4.50. The molecule has 0 unspecified atom stereocenters. The van der Waals surface area contributed by atoms with E-state index in [4.69, 9.17) is 14.2 Å². The molecule has 0 saturated heterocycles. The third-order valence-electron chi connectivity index (χ3n) is 3.02. The molecule has 2 aromatic rings. The number of ether oxygens (including phenoxy) is 3. The van der Waals surface area contributed by atoms with Gasteiger partial charge in [-0.2, -0.15) is 13.5 Å². The summed E-state index contributed by atoms with van der Waals surface area (Å²) >= 11 is 0. The first kappa shape index (κ1) is 17.6. The monoisotopic (exact) mass is 355 g/mol. The Hall–Kier alpha value is -2.75. The predicted octanol–water partition coefficient (Wildman–Crippen LogP) is 1.40. The van der Waals surface area contributed by atoms with E-state index in [1.807, 2.05) is 0 Å². The first-order valence-electron chi connectivity index (χ1n) is 6.88. The summed E-state index contributed by atoms with van der Waals surface area (Å²) < 4.78 is 42.5. The van der Waals surface area contributed by atoms with Crippen LogP contribution in [0.4, 0.5) is 5.69 Å². The molecule has 2 N–H and O–H groups in total. The van der Waals surface area contributed by atoms with E-state index in [2.05, 4.69) is 14.9 Å². The molecule has 0 aliphatic heterocycles. The summed E-state index contributed by atoms with van der Waals surface area (Å²) in [4.78, 5) is 11.8. The van der Waals surface area contributed by atoms with Crippen molar-refractivity contribution >= 4 is 21.7 Å². The lowest BCUT2D eigenvalue weighted by Gasteiger charge is -2.13. The lowest BCUT2D eigenvalue weighted by Crippen LogP contribution is -2.18. The third-order valence-corrected chi connectivity index (χ3v) is 4.36. The van der Waals surface area contributed by atoms with E-state index in [-0.39, 0.29) is 23.6 Å². The topological polar surface area (TPSA) is 120 Å². The van der Waals surface area contributed by atoms with Gasteiger partial charge in [0.2, 0.25) is 0 Å². The van der Waals surface area contributed by atoms with Gasteiger partial charge in [0.05, 0.1) is 32.7 Å². The highest BCUT2D eigenvalue weighted by molar-refractivity contribution is 7.92. The van der Waals surface area contributed by atoms with Gasteiger partial charge in [-0.3, -0.25) is 9.82 Å². The van der Waals surface area contributed by atoms with Crippen molar-refractivity contribution in [2.75, 3.05) is 25.5 Å². The SMILES string of the molecule is CCOC(=O)c1cn[nH]c1S(=O)(=O)Nc1cc(OC)ccc1OC. The van der Waals surface area contributed by atoms with Crippen LogP contribution >= 0.6 is 0 Å². The quantitative estimate of drug-likeness (QED) is 0.720. The fourth-order valence-corrected chi connectivity index (χ4v) is 3.07. The van der Waals surface area contributed by atoms with E-state index in [9.17, 15) is 13.2 Å². The maximum absolute atomic E-state index is 12.6. The molecule has 0 saturated carbocycles. The fourth-order valence-electron chi connectivity index (χ4n) is 1.92. The van der Waals surface area contributed by atoms with Crippen LogP contribution in [-0.2, 0) is 14.8 Å². The molecule has 10 heteroatoms. The molecule has 0 radical (unpaired) electrons. The van der Waals surface area contributed by atoms with E-state index in [0.717, 1.165) is 6.20 Å². The average molecular weight is 355 g/mol. The van der Waals surface area contributed by atoms with Gasteiger partial charge < -0.3 is 14.2 Å². The number of esters is 1. The van der Waals surface area contributed by atoms with E-state index in [1.165, 1.54) is 20.3 Å². The van der Waals surface area contributed by atoms with Crippen LogP contribution in [0.1, 0.15) is 17.3 Å². The van der Waals surface area contributed by atoms with Gasteiger partial charge in [-0.25, -0.2) is 4.79 Å². The first-order valence-corrected chi connectivity index (χ1v) is 8.36. The van der Waals surface area contributed by atoms with Crippen LogP contribution in [0.3, 0.4) is 0 Å². The number of aromatic nitrogens is 2. The first-order chi connectivity index (χ1) is 11.4. The van der Waals surface area contributed by atoms with Crippen molar-refractivity contribution in [2.45, 2.75) is 11.9 Å². The Bertz CT molecular complexity index is 831. The number of sulfonamides is 1. The van der Waals surface area contributed by atoms with E-state index in [1.54, 1.807) is 19.1 Å². The molecule has 0 bridgehead atoms. The van der Waals surface area contributed by atoms with Gasteiger partial charge in [0.1, 0.15) is 17.1 Å². The number of aromatic amines is 1. The maximum atomic E-state index is 12.6. The molecule has 2 rings (SSSR count). The smallest absolute Gasteiger partial charge is 0.342 e. The van der Waals surface area contributed by atoms with Crippen molar-refractivity contribution in [3.8, 4) is 11.5 Å². The summed E-state index contributed by atoms with van der Waals surface area (Å²) in [7, 11) is -1.27. The molecule has 1 aromatic heterocycles. The molecule has 0 spiro atoms. The number of nitrogens with one attached hydrogen (secondary N) is 2. The Morgan fingerprint density at radius 3 is 2.67 bits per heavy atom. The largest absolute Gasteiger partial charge is 0.497 e. The second kappa shape index (κ2) is 7.21. The molecule has 0 amide bonds. The molecule has 24 heavy (non-hydrogen) atoms. The van der Waals surface area contributed by atoms with Crippen molar-refractivity contribution in [1.82, 2.24) is 10.2 Å². The zero-order valence-electron chi connectivity index (χ0n) is 13.3. The van der Waals surface area contributed by atoms with Crippen LogP contribution in [0.2, 0.25) is 0 Å². The van der Waals surface area contributed by atoms with Crippen LogP contribution < -0.4 is 14.2 Å². The van der Waals surface area contributed by atoms with Crippen molar-refractivity contribution in [1.29, 1.82) is 0 Å². The Morgan fingerprint density at radius 2 is 2.04 bits per heavy atom. The summed E-state index contributed by atoms with van der Waals surface area (Å²) in [6, 6.07) is 4.63. The van der Waals surface area contributed by atoms with Crippen LogP contribution in [0.25, 0.3) is 0 Å². The van der Waals surface area contributed by atoms with Gasteiger partial charge in [-0.15, -0.1) is 0 Å². The lowest BCUT2D eigenvalue weighted by atomic mass is 10.3. The van der Waals surface area contributed by atoms with Gasteiger partial charge in [0.25, 0.3) is 10.0 Å². The zero-order chi connectivity index (χ0) is 17.7. The lowest BCUT2D eigenvalue weighted by molar-refractivity contribution is 0.0522. The standard InChI is InChI=1S/C14H17N3O6S/c1-4-23-14(18)10-8-15-16-13(10)24(19,20)17-11-7-9(21-2)5-6-12(11)22-3/h5-8,17H,4H2,1-3H3,(H,15,16). The van der Waals surface area contributed by atoms with Gasteiger partial charge >= 0.3 is 5.97 Å². The number of nitrogens with zero attached hydrogens (tertiary/aromatic N) is 1. The molecule has 0 aliphatic rings. The molecule has 1 aromatic carbocycles. The molecule has 0 fully saturated rings. The zero-order valence-corrected chi connectivity index (χ0v) is 14.1. The minimum atomic E-state index is -4.13. The van der Waals surface area contributed by atoms with Gasteiger partial charge in [0.15, 0.2) is 5.03 Å². The number of anilines is 1. The number of carbonyl (C=O) groups is 1. The highest BCUT2D eigenvalue weighted by Crippen LogP contribution is 2.31. The van der Waals surface area contributed by atoms with Crippen molar-refractivity contribution in [2.24, 2.45) is 0 Å². The van der Waals surface area contributed by atoms with Crippen LogP contribution in [0, 0.1) is 0 Å². The van der Waals surface area contributed by atoms with E-state index >= 15 is 0 Å². The number of benzene rings is 1. The summed E-state index contributed by atoms with van der Waals surface area (Å²) in [5, 5.41) is 5.51. The number of carbonyl (C=O) groups excluding carboxylic acids is 1. The number of methoxy groups -OCH3 is 2. The van der Waals surface area contributed by atoms with Crippen LogP contribution in [-0.4, -0.2) is 45.4 Å². The van der Waals surface area contributed by atoms with Crippen molar-refractivity contribution < 1.29 is 27.4 Å². The van der Waals surface area contributed by atoms with E-state index in [0.29, 0.717) is 5.75 Å². The molecule has 0 aliphatic carbocycles. The van der Waals surface area contributed by atoms with Gasteiger partial charge in [0, 0.05) is 6.07 Å². The average Bonchev–Trinajstić information content (AvgIpc) is 3.05. The molecule has 9 nitrogen and oxygen atoms in total. The van der Waals surface area contributed by atoms with Gasteiger partial charge in [-0.1, -0.05) is 0 Å². The number of rotatable bonds is 7. The summed E-state index contributed by atoms with van der Waals surface area (Å²) in [6.45, 7) is 1.73. The third kappa shape index (κ3) is 3.59. The normalized spacial score (nSPS) is 11.0. The Balaban J connectivity index is 2.40. The second-order valence-corrected chi connectivity index (χ2v) is 6.12. The van der Waals surface area contributed by atoms with Gasteiger partial charge in [-0.05, 0) is 19.1 Å². The predicted molar refractivity (Wildman–Crippen MR) is 84.9 cm³/mol. The minimum absolute atomic E-state index is 0.112. The van der Waals surface area contributed by atoms with Crippen LogP contribution in [0.15, 0.2) is 29.4 Å². The molecular formula is C14H17N3O6S. The van der Waals surface area contributed by atoms with Crippen molar-refractivity contribution in [3.05, 3.63) is 30.0 Å². The van der Waals surface area contributed by atoms with Crippen LogP contribution in [0.5, 0.6) is 11.5 Å². The van der Waals surface area contributed by atoms with Crippen molar-refractivity contribution in [3.63, 3.8) is 0 Å². The number of hydrogen-bond donors (Lipinski definition) is 2. The maximum Gasteiger partial charge on any atom is 0.342 e. The molecule has 1 heterocycles. The number of hydrogen-bond acceptors (Lipinski definition) is 7. The number of H-pyrrole nitrogens is 1. The highest BCUT2D eigenvalue weighted by Gasteiger charge is 2.27. The molecule has 130 valence electrons. The summed E-state index contributed by atoms with van der Waals surface area (Å²) in [5.74, 6) is -0.0652. The molecule has 0 atom stereocenters. The minimum Gasteiger partial charge on any atom is -0.497 e. The Labute approximate surface area is 139 Å².